The fourth-order valence-corrected chi connectivity index (χ4v) is 2.79. The average Bonchev–Trinajstić information content (AvgIpc) is 2.48. The molecule has 20 heavy (non-hydrogen) atoms. The van der Waals surface area contributed by atoms with Crippen LogP contribution < -0.4 is 11.3 Å². The zero-order chi connectivity index (χ0) is 14.4. The van der Waals surface area contributed by atoms with Gasteiger partial charge in [0.15, 0.2) is 0 Å². The van der Waals surface area contributed by atoms with E-state index in [2.05, 4.69) is 79.9 Å². The average molecular weight is 268 g/mol. The SMILES string of the molecule is CC(C)CC(NN)C(c1ccccc1)c1ccccc1. The zero-order valence-electron chi connectivity index (χ0n) is 12.3. The van der Waals surface area contributed by atoms with E-state index >= 15 is 0 Å². The van der Waals surface area contributed by atoms with E-state index in [-0.39, 0.29) is 12.0 Å². The largest absolute Gasteiger partial charge is 0.271 e. The van der Waals surface area contributed by atoms with Gasteiger partial charge in [-0.05, 0) is 23.5 Å². The van der Waals surface area contributed by atoms with E-state index < -0.39 is 0 Å². The highest BCUT2D eigenvalue weighted by Gasteiger charge is 2.24. The first-order chi connectivity index (χ1) is 9.72. The standard InChI is InChI=1S/C18H24N2/c1-14(2)13-17(20-19)18(15-9-5-3-6-10-15)16-11-7-4-8-12-16/h3-12,14,17-18,20H,13,19H2,1-2H3. The Morgan fingerprint density at radius 3 is 1.65 bits per heavy atom. The molecule has 2 heteroatoms. The van der Waals surface area contributed by atoms with Crippen LogP contribution in [-0.2, 0) is 0 Å². The number of nitrogens with one attached hydrogen (secondary N) is 1. The second kappa shape index (κ2) is 7.22. The molecule has 2 rings (SSSR count). The quantitative estimate of drug-likeness (QED) is 0.619. The van der Waals surface area contributed by atoms with E-state index in [4.69, 9.17) is 5.84 Å². The molecule has 0 radical (unpaired) electrons. The molecular weight excluding hydrogens is 244 g/mol. The van der Waals surface area contributed by atoms with Crippen LogP contribution in [0.1, 0.15) is 37.3 Å². The summed E-state index contributed by atoms with van der Waals surface area (Å²) in [4.78, 5) is 0. The summed E-state index contributed by atoms with van der Waals surface area (Å²) >= 11 is 0. The molecule has 0 saturated carbocycles. The van der Waals surface area contributed by atoms with Crippen molar-refractivity contribution in [1.82, 2.24) is 5.43 Å². The Bertz CT molecular complexity index is 454. The summed E-state index contributed by atoms with van der Waals surface area (Å²) in [6.45, 7) is 4.47. The maximum atomic E-state index is 5.85. The smallest absolute Gasteiger partial charge is 0.0322 e. The molecule has 0 aliphatic heterocycles. The second-order valence-electron chi connectivity index (χ2n) is 5.70. The van der Waals surface area contributed by atoms with Crippen LogP contribution in [0.5, 0.6) is 0 Å². The van der Waals surface area contributed by atoms with Gasteiger partial charge in [0.1, 0.15) is 0 Å². The lowest BCUT2D eigenvalue weighted by Crippen LogP contribution is -2.41. The molecule has 1 atom stereocenters. The van der Waals surface area contributed by atoms with Crippen LogP contribution in [0.3, 0.4) is 0 Å². The maximum Gasteiger partial charge on any atom is 0.0322 e. The van der Waals surface area contributed by atoms with Crippen LogP contribution in [0.15, 0.2) is 60.7 Å². The molecule has 2 aromatic carbocycles. The molecule has 3 N–H and O–H groups in total. The van der Waals surface area contributed by atoms with Gasteiger partial charge < -0.3 is 0 Å². The Morgan fingerprint density at radius 2 is 1.30 bits per heavy atom. The lowest BCUT2D eigenvalue weighted by molar-refractivity contribution is 0.393. The molecule has 0 amide bonds. The van der Waals surface area contributed by atoms with E-state index in [1.165, 1.54) is 11.1 Å². The highest BCUT2D eigenvalue weighted by molar-refractivity contribution is 5.34. The van der Waals surface area contributed by atoms with Crippen LogP contribution >= 0.6 is 0 Å². The van der Waals surface area contributed by atoms with Gasteiger partial charge in [-0.25, -0.2) is 0 Å². The molecule has 0 spiro atoms. The van der Waals surface area contributed by atoms with Crippen molar-refractivity contribution in [3.63, 3.8) is 0 Å². The summed E-state index contributed by atoms with van der Waals surface area (Å²) in [7, 11) is 0. The van der Waals surface area contributed by atoms with E-state index in [1.807, 2.05) is 0 Å². The minimum absolute atomic E-state index is 0.236. The van der Waals surface area contributed by atoms with Crippen molar-refractivity contribution in [2.75, 3.05) is 0 Å². The van der Waals surface area contributed by atoms with Gasteiger partial charge in [-0.1, -0.05) is 74.5 Å². The Balaban J connectivity index is 2.38. The van der Waals surface area contributed by atoms with Gasteiger partial charge in [0, 0.05) is 12.0 Å². The molecule has 0 saturated heterocycles. The number of rotatable bonds is 6. The summed E-state index contributed by atoms with van der Waals surface area (Å²) in [6, 6.07) is 21.4. The van der Waals surface area contributed by atoms with E-state index in [9.17, 15) is 0 Å². The van der Waals surface area contributed by atoms with E-state index in [0.717, 1.165) is 6.42 Å². The second-order valence-corrected chi connectivity index (χ2v) is 5.70. The first-order valence-corrected chi connectivity index (χ1v) is 7.28. The van der Waals surface area contributed by atoms with Crippen molar-refractivity contribution >= 4 is 0 Å². The van der Waals surface area contributed by atoms with Crippen molar-refractivity contribution in [3.8, 4) is 0 Å². The molecule has 0 aromatic heterocycles. The first kappa shape index (κ1) is 14.8. The van der Waals surface area contributed by atoms with Crippen molar-refractivity contribution in [3.05, 3.63) is 71.8 Å². The number of hydrogen-bond acceptors (Lipinski definition) is 2. The highest BCUT2D eigenvalue weighted by Crippen LogP contribution is 2.30. The molecule has 0 aliphatic carbocycles. The van der Waals surface area contributed by atoms with Gasteiger partial charge in [0.2, 0.25) is 0 Å². The summed E-state index contributed by atoms with van der Waals surface area (Å²) < 4.78 is 0. The molecule has 0 aliphatic rings. The molecule has 1 unspecified atom stereocenters. The predicted molar refractivity (Wildman–Crippen MR) is 85.3 cm³/mol. The van der Waals surface area contributed by atoms with Crippen molar-refractivity contribution in [2.45, 2.75) is 32.2 Å². The summed E-state index contributed by atoms with van der Waals surface area (Å²) in [5.41, 5.74) is 5.65. The van der Waals surface area contributed by atoms with Gasteiger partial charge in [-0.15, -0.1) is 0 Å². The van der Waals surface area contributed by atoms with Crippen LogP contribution in [0, 0.1) is 5.92 Å². The summed E-state index contributed by atoms with van der Waals surface area (Å²) in [6.07, 6.45) is 1.05. The lowest BCUT2D eigenvalue weighted by Gasteiger charge is -2.29. The molecule has 0 bridgehead atoms. The number of hydrogen-bond donors (Lipinski definition) is 2. The van der Waals surface area contributed by atoms with Gasteiger partial charge in [0.05, 0.1) is 0 Å². The Morgan fingerprint density at radius 1 is 0.850 bits per heavy atom. The third kappa shape index (κ3) is 3.69. The maximum absolute atomic E-state index is 5.85. The van der Waals surface area contributed by atoms with Crippen molar-refractivity contribution in [2.24, 2.45) is 11.8 Å². The zero-order valence-corrected chi connectivity index (χ0v) is 12.3. The monoisotopic (exact) mass is 268 g/mol. The number of benzene rings is 2. The minimum Gasteiger partial charge on any atom is -0.271 e. The molecule has 106 valence electrons. The molecular formula is C18H24N2. The Kier molecular flexibility index (Phi) is 5.33. The fourth-order valence-electron chi connectivity index (χ4n) is 2.79. The van der Waals surface area contributed by atoms with Crippen molar-refractivity contribution < 1.29 is 0 Å². The third-order valence-corrected chi connectivity index (χ3v) is 3.66. The molecule has 2 nitrogen and oxygen atoms in total. The summed E-state index contributed by atoms with van der Waals surface area (Å²) in [5.74, 6) is 6.73. The van der Waals surface area contributed by atoms with E-state index in [1.54, 1.807) is 0 Å². The van der Waals surface area contributed by atoms with Gasteiger partial charge in [0.25, 0.3) is 0 Å². The first-order valence-electron chi connectivity index (χ1n) is 7.28. The van der Waals surface area contributed by atoms with Crippen molar-refractivity contribution in [1.29, 1.82) is 0 Å². The number of hydrazine groups is 1. The van der Waals surface area contributed by atoms with Crippen LogP contribution in [-0.4, -0.2) is 6.04 Å². The van der Waals surface area contributed by atoms with Gasteiger partial charge in [-0.3, -0.25) is 11.3 Å². The Labute approximate surface area is 122 Å². The van der Waals surface area contributed by atoms with Crippen LogP contribution in [0.2, 0.25) is 0 Å². The lowest BCUT2D eigenvalue weighted by atomic mass is 9.82. The van der Waals surface area contributed by atoms with Crippen LogP contribution in [0.4, 0.5) is 0 Å². The molecule has 0 fully saturated rings. The van der Waals surface area contributed by atoms with E-state index in [0.29, 0.717) is 5.92 Å². The summed E-state index contributed by atoms with van der Waals surface area (Å²) in [5, 5.41) is 0. The fraction of sp³-hybridized carbons (Fsp3) is 0.333. The van der Waals surface area contributed by atoms with Gasteiger partial charge >= 0.3 is 0 Å². The van der Waals surface area contributed by atoms with Crippen LogP contribution in [0.25, 0.3) is 0 Å². The minimum atomic E-state index is 0.236. The topological polar surface area (TPSA) is 38.0 Å². The number of nitrogens with two attached hydrogens (primary N) is 1. The molecule has 2 aromatic rings. The van der Waals surface area contributed by atoms with Gasteiger partial charge in [-0.2, -0.15) is 0 Å². The normalized spacial score (nSPS) is 12.8. The predicted octanol–water partition coefficient (Wildman–Crippen LogP) is 3.70. The Hall–Kier alpha value is -1.64. The third-order valence-electron chi connectivity index (χ3n) is 3.66. The highest BCUT2D eigenvalue weighted by atomic mass is 15.2. The molecule has 0 heterocycles.